The van der Waals surface area contributed by atoms with Gasteiger partial charge >= 0.3 is 0 Å². The molecule has 3 heterocycles. The van der Waals surface area contributed by atoms with Crippen LogP contribution in [0.1, 0.15) is 36.0 Å². The fraction of sp³-hybridized carbons (Fsp3) is 0.0769. The monoisotopic (exact) mass is 1100 g/mol. The predicted molar refractivity (Wildman–Crippen MR) is 289 cm³/mol. The molecule has 0 aliphatic carbocycles. The van der Waals surface area contributed by atoms with Crippen molar-refractivity contribution in [2.24, 2.45) is 0 Å². The number of ether oxygens (including phenoxy) is 1. The molecule has 0 atom stereocenters. The summed E-state index contributed by atoms with van der Waals surface area (Å²) < 4.78 is 36.5. The number of nitrogens with zero attached hydrogens (tertiary/aromatic N) is 4. The minimum absolute atomic E-state index is 0. The van der Waals surface area contributed by atoms with Crippen LogP contribution in [0.5, 0.6) is 11.5 Å². The summed E-state index contributed by atoms with van der Waals surface area (Å²) in [7, 11) is 0. The number of anilines is 4. The molecule has 348 valence electrons. The van der Waals surface area contributed by atoms with Crippen LogP contribution in [0.25, 0.3) is 72.1 Å². The standard InChI is InChI=1S/C65H49N4O.Pt/c1-44-38-63(66-42-58(44)48-22-12-7-13-23-48)69-59-37-32-49(45-30-33-50(34-31-45)65(2,3)4)39-57(59)56-36-35-53(41-62(56)69)70-52-25-16-24-51(40-52)67-43-68(61-29-15-14-28-60(61)67)64-54(46-18-8-5-9-19-46)26-17-27-55(64)47-20-10-6-11-21-47;/h5-39,42-43H,1-4H3;/q-3;/i16D,24D,25D;. The largest absolute Gasteiger partial charge is 0.509 e. The maximum absolute atomic E-state index is 9.35. The predicted octanol–water partition coefficient (Wildman–Crippen LogP) is 17.3. The van der Waals surface area contributed by atoms with E-state index in [0.29, 0.717) is 5.75 Å². The summed E-state index contributed by atoms with van der Waals surface area (Å²) in [6.45, 7) is 10.7. The summed E-state index contributed by atoms with van der Waals surface area (Å²) in [6.07, 6.45) is 1.93. The number of para-hydroxylation sites is 3. The molecule has 0 unspecified atom stereocenters. The third-order valence-corrected chi connectivity index (χ3v) is 13.3. The van der Waals surface area contributed by atoms with Crippen molar-refractivity contribution in [3.63, 3.8) is 0 Å². The molecule has 0 saturated heterocycles. The zero-order chi connectivity index (χ0) is 50.0. The molecule has 0 N–H and O–H groups in total. The Balaban J connectivity index is 0.00000588. The van der Waals surface area contributed by atoms with Crippen molar-refractivity contribution in [2.75, 3.05) is 9.80 Å². The number of rotatable bonds is 9. The first kappa shape index (κ1) is 41.9. The van der Waals surface area contributed by atoms with E-state index in [9.17, 15) is 4.11 Å². The number of fused-ring (bicyclic) bond motifs is 4. The number of hydrogen-bond donors (Lipinski definition) is 0. The molecule has 1 aliphatic rings. The Morgan fingerprint density at radius 3 is 1.79 bits per heavy atom. The van der Waals surface area contributed by atoms with Crippen LogP contribution in [0, 0.1) is 25.7 Å². The molecular weight excluding hydrogens is 1050 g/mol. The van der Waals surface area contributed by atoms with Gasteiger partial charge in [-0.15, -0.1) is 48.0 Å². The van der Waals surface area contributed by atoms with E-state index in [2.05, 4.69) is 158 Å². The number of benzene rings is 9. The summed E-state index contributed by atoms with van der Waals surface area (Å²) >= 11 is 0. The summed E-state index contributed by atoms with van der Waals surface area (Å²) in [4.78, 5) is 9.11. The summed E-state index contributed by atoms with van der Waals surface area (Å²) in [6, 6.07) is 72.9. The van der Waals surface area contributed by atoms with Crippen molar-refractivity contribution in [2.45, 2.75) is 33.1 Å². The fourth-order valence-corrected chi connectivity index (χ4v) is 9.72. The second-order valence-corrected chi connectivity index (χ2v) is 18.8. The van der Waals surface area contributed by atoms with Gasteiger partial charge in [-0.1, -0.05) is 184 Å². The van der Waals surface area contributed by atoms with E-state index >= 15 is 0 Å². The van der Waals surface area contributed by atoms with Gasteiger partial charge in [-0.05, 0) is 83.7 Å². The Morgan fingerprint density at radius 2 is 1.15 bits per heavy atom. The van der Waals surface area contributed by atoms with Crippen molar-refractivity contribution in [1.82, 2.24) is 9.55 Å². The molecule has 6 heteroatoms. The van der Waals surface area contributed by atoms with Crippen LogP contribution in [0.4, 0.5) is 22.7 Å². The van der Waals surface area contributed by atoms with Gasteiger partial charge in [0.15, 0.2) is 0 Å². The normalized spacial score (nSPS) is 12.9. The first-order chi connectivity index (χ1) is 35.5. The topological polar surface area (TPSA) is 33.5 Å². The Bertz CT molecular complexity index is 3840. The zero-order valence-electron chi connectivity index (χ0n) is 42.6. The SMILES string of the molecule is [2H]c1c(Oc2[c-]c3c(cc2)c2cc(-c4ccc(C(C)(C)C)cc4)ccc2n3-c2cc(C)c(-c3ccccc3)cn2)[c-]c(N2[CH-]N(c3c(-c4ccccc4)cccc3-c3ccccc3)c3ccccc32)c([2H])c1[2H].[Pt]. The van der Waals surface area contributed by atoms with Crippen LogP contribution >= 0.6 is 0 Å². The average molecular weight is 1100 g/mol. The molecule has 0 amide bonds. The third-order valence-electron chi connectivity index (χ3n) is 13.3. The van der Waals surface area contributed by atoms with Crippen LogP contribution < -0.4 is 14.5 Å². The van der Waals surface area contributed by atoms with Crippen molar-refractivity contribution >= 4 is 44.6 Å². The van der Waals surface area contributed by atoms with E-state index in [1.165, 1.54) is 5.56 Å². The Hall–Kier alpha value is -7.98. The van der Waals surface area contributed by atoms with Crippen LogP contribution in [0.3, 0.4) is 0 Å². The number of aryl methyl sites for hydroxylation is 1. The van der Waals surface area contributed by atoms with Gasteiger partial charge in [0, 0.05) is 79.4 Å². The second-order valence-electron chi connectivity index (χ2n) is 18.8. The quantitative estimate of drug-likeness (QED) is 0.135. The maximum Gasteiger partial charge on any atom is 0.135 e. The van der Waals surface area contributed by atoms with Crippen LogP contribution in [0.15, 0.2) is 218 Å². The smallest absolute Gasteiger partial charge is 0.135 e. The van der Waals surface area contributed by atoms with Crippen molar-refractivity contribution in [3.8, 4) is 61.8 Å². The molecule has 0 spiro atoms. The maximum atomic E-state index is 9.35. The number of pyridine rings is 1. The van der Waals surface area contributed by atoms with Gasteiger partial charge in [0.05, 0.1) is 0 Å². The van der Waals surface area contributed by atoms with Gasteiger partial charge in [-0.25, -0.2) is 4.98 Å². The van der Waals surface area contributed by atoms with E-state index < -0.39 is 0 Å². The van der Waals surface area contributed by atoms with Crippen LogP contribution in [-0.4, -0.2) is 9.55 Å². The Morgan fingerprint density at radius 1 is 0.549 bits per heavy atom. The van der Waals surface area contributed by atoms with Gasteiger partial charge < -0.3 is 19.1 Å². The molecule has 1 aliphatic heterocycles. The summed E-state index contributed by atoms with van der Waals surface area (Å²) in [5.74, 6) is 1.07. The number of aromatic nitrogens is 2. The molecule has 12 rings (SSSR count). The van der Waals surface area contributed by atoms with E-state index in [4.69, 9.17) is 9.72 Å². The van der Waals surface area contributed by atoms with Gasteiger partial charge in [0.1, 0.15) is 5.82 Å². The number of hydrogen-bond acceptors (Lipinski definition) is 4. The minimum Gasteiger partial charge on any atom is -0.509 e. The van der Waals surface area contributed by atoms with Gasteiger partial charge in [-0.3, -0.25) is 0 Å². The van der Waals surface area contributed by atoms with E-state index in [-0.39, 0.29) is 56.0 Å². The van der Waals surface area contributed by atoms with Gasteiger partial charge in [0.2, 0.25) is 0 Å². The minimum atomic E-state index is -0.279. The molecule has 9 aromatic carbocycles. The Labute approximate surface area is 434 Å². The molecule has 11 aromatic rings. The molecule has 0 radical (unpaired) electrons. The zero-order valence-corrected chi connectivity index (χ0v) is 41.9. The van der Waals surface area contributed by atoms with Crippen molar-refractivity contribution < 1.29 is 29.9 Å². The van der Waals surface area contributed by atoms with Crippen molar-refractivity contribution in [3.05, 3.63) is 248 Å². The molecular formula is C65H49N4OPt-3. The third kappa shape index (κ3) is 8.51. The van der Waals surface area contributed by atoms with Gasteiger partial charge in [0.25, 0.3) is 0 Å². The molecule has 0 bridgehead atoms. The molecule has 0 fully saturated rings. The summed E-state index contributed by atoms with van der Waals surface area (Å²) in [5.41, 5.74) is 15.6. The summed E-state index contributed by atoms with van der Waals surface area (Å²) in [5, 5.41) is 1.98. The molecule has 5 nitrogen and oxygen atoms in total. The van der Waals surface area contributed by atoms with Crippen LogP contribution in [-0.2, 0) is 26.5 Å². The Kier molecular flexibility index (Phi) is 11.1. The van der Waals surface area contributed by atoms with E-state index in [0.717, 1.165) is 94.8 Å². The average Bonchev–Trinajstić information content (AvgIpc) is 3.96. The van der Waals surface area contributed by atoms with Crippen molar-refractivity contribution in [1.29, 1.82) is 0 Å². The van der Waals surface area contributed by atoms with Crippen LogP contribution in [0.2, 0.25) is 0 Å². The molecule has 0 saturated carbocycles. The molecule has 2 aromatic heterocycles. The van der Waals surface area contributed by atoms with E-state index in [1.807, 2.05) is 103 Å². The van der Waals surface area contributed by atoms with E-state index in [1.54, 1.807) is 0 Å². The molecule has 71 heavy (non-hydrogen) atoms. The van der Waals surface area contributed by atoms with Gasteiger partial charge in [-0.2, -0.15) is 12.1 Å². The second kappa shape index (κ2) is 18.7. The fourth-order valence-electron chi connectivity index (χ4n) is 9.72. The first-order valence-corrected chi connectivity index (χ1v) is 23.6. The first-order valence-electron chi connectivity index (χ1n) is 25.1.